The standard InChI is InChI=1S/C17H18N2O/c1-19(2)11-10-18-14-8-6-12-4-3-5-13-7-9-15(20)17(14)16(12)13/h3-9,18H,10-11H2,1-2H3. The van der Waals surface area contributed by atoms with Gasteiger partial charge in [-0.1, -0.05) is 30.3 Å². The Morgan fingerprint density at radius 1 is 1.10 bits per heavy atom. The first-order valence-electron chi connectivity index (χ1n) is 6.83. The van der Waals surface area contributed by atoms with Crippen LogP contribution in [0.1, 0.15) is 15.9 Å². The van der Waals surface area contributed by atoms with Crippen molar-refractivity contribution in [2.24, 2.45) is 0 Å². The van der Waals surface area contributed by atoms with Gasteiger partial charge in [0.2, 0.25) is 0 Å². The smallest absolute Gasteiger partial charge is 0.188 e. The lowest BCUT2D eigenvalue weighted by molar-refractivity contribution is 0.104. The van der Waals surface area contributed by atoms with Gasteiger partial charge in [0.1, 0.15) is 0 Å². The van der Waals surface area contributed by atoms with Crippen LogP contribution < -0.4 is 5.32 Å². The highest BCUT2D eigenvalue weighted by molar-refractivity contribution is 6.23. The summed E-state index contributed by atoms with van der Waals surface area (Å²) >= 11 is 0. The van der Waals surface area contributed by atoms with E-state index in [2.05, 4.69) is 28.4 Å². The monoisotopic (exact) mass is 266 g/mol. The second kappa shape index (κ2) is 5.10. The fourth-order valence-electron chi connectivity index (χ4n) is 2.61. The lowest BCUT2D eigenvalue weighted by Gasteiger charge is -2.18. The van der Waals surface area contributed by atoms with Gasteiger partial charge < -0.3 is 10.2 Å². The van der Waals surface area contributed by atoms with E-state index in [4.69, 9.17) is 0 Å². The number of benzene rings is 2. The Hall–Kier alpha value is -2.13. The van der Waals surface area contributed by atoms with Crippen LogP contribution in [0.3, 0.4) is 0 Å². The van der Waals surface area contributed by atoms with Crippen molar-refractivity contribution in [2.45, 2.75) is 0 Å². The number of carbonyl (C=O) groups is 1. The van der Waals surface area contributed by atoms with Gasteiger partial charge in [0.05, 0.1) is 5.56 Å². The third-order valence-corrected chi connectivity index (χ3v) is 3.61. The van der Waals surface area contributed by atoms with Crippen LogP contribution in [0.25, 0.3) is 16.8 Å². The van der Waals surface area contributed by atoms with Crippen molar-refractivity contribution in [3.8, 4) is 0 Å². The highest BCUT2D eigenvalue weighted by Gasteiger charge is 2.18. The number of anilines is 1. The van der Waals surface area contributed by atoms with Crippen molar-refractivity contribution in [3.05, 3.63) is 47.5 Å². The minimum Gasteiger partial charge on any atom is -0.383 e. The molecule has 0 atom stereocenters. The van der Waals surface area contributed by atoms with E-state index in [1.807, 2.05) is 32.3 Å². The number of nitrogens with zero attached hydrogens (tertiary/aromatic N) is 1. The van der Waals surface area contributed by atoms with Crippen LogP contribution in [0.5, 0.6) is 0 Å². The quantitative estimate of drug-likeness (QED) is 0.923. The van der Waals surface area contributed by atoms with Crippen molar-refractivity contribution < 1.29 is 4.79 Å². The minimum atomic E-state index is 0.0849. The lowest BCUT2D eigenvalue weighted by atomic mass is 9.91. The van der Waals surface area contributed by atoms with Gasteiger partial charge in [-0.15, -0.1) is 0 Å². The Kier molecular flexibility index (Phi) is 3.28. The average Bonchev–Trinajstić information content (AvgIpc) is 2.43. The zero-order valence-electron chi connectivity index (χ0n) is 11.8. The number of ketones is 1. The summed E-state index contributed by atoms with van der Waals surface area (Å²) < 4.78 is 0. The van der Waals surface area contributed by atoms with Gasteiger partial charge in [0, 0.05) is 24.2 Å². The molecule has 3 heteroatoms. The van der Waals surface area contributed by atoms with Crippen LogP contribution in [-0.4, -0.2) is 37.9 Å². The van der Waals surface area contributed by atoms with Gasteiger partial charge in [-0.25, -0.2) is 0 Å². The molecule has 0 saturated carbocycles. The predicted octanol–water partition coefficient (Wildman–Crippen LogP) is 3.02. The second-order valence-electron chi connectivity index (χ2n) is 5.36. The number of likely N-dealkylation sites (N-methyl/N-ethyl adjacent to an activating group) is 1. The molecule has 102 valence electrons. The fourth-order valence-corrected chi connectivity index (χ4v) is 2.61. The molecule has 0 aliphatic heterocycles. The molecule has 0 aromatic heterocycles. The molecule has 0 amide bonds. The van der Waals surface area contributed by atoms with E-state index in [0.29, 0.717) is 0 Å². The van der Waals surface area contributed by atoms with Crippen molar-refractivity contribution in [1.29, 1.82) is 0 Å². The van der Waals surface area contributed by atoms with E-state index >= 15 is 0 Å². The lowest BCUT2D eigenvalue weighted by Crippen LogP contribution is -2.21. The van der Waals surface area contributed by atoms with Crippen molar-refractivity contribution >= 4 is 28.3 Å². The van der Waals surface area contributed by atoms with E-state index in [1.54, 1.807) is 6.08 Å². The summed E-state index contributed by atoms with van der Waals surface area (Å²) in [6.45, 7) is 1.76. The molecule has 0 spiro atoms. The summed E-state index contributed by atoms with van der Waals surface area (Å²) in [4.78, 5) is 14.4. The summed E-state index contributed by atoms with van der Waals surface area (Å²) in [5, 5.41) is 5.57. The molecule has 3 nitrogen and oxygen atoms in total. The molecule has 0 fully saturated rings. The molecule has 0 bridgehead atoms. The van der Waals surface area contributed by atoms with Crippen LogP contribution >= 0.6 is 0 Å². The Bertz CT molecular complexity index is 701. The molecule has 20 heavy (non-hydrogen) atoms. The zero-order chi connectivity index (χ0) is 14.1. The maximum atomic E-state index is 12.3. The average molecular weight is 266 g/mol. The van der Waals surface area contributed by atoms with E-state index in [1.165, 1.54) is 0 Å². The van der Waals surface area contributed by atoms with Crippen molar-refractivity contribution in [2.75, 3.05) is 32.5 Å². The van der Waals surface area contributed by atoms with Crippen LogP contribution in [0, 0.1) is 0 Å². The number of hydrogen-bond acceptors (Lipinski definition) is 3. The number of rotatable bonds is 4. The van der Waals surface area contributed by atoms with Crippen LogP contribution in [0.2, 0.25) is 0 Å². The maximum absolute atomic E-state index is 12.3. The van der Waals surface area contributed by atoms with Gasteiger partial charge in [0.25, 0.3) is 0 Å². The van der Waals surface area contributed by atoms with Gasteiger partial charge in [-0.2, -0.15) is 0 Å². The van der Waals surface area contributed by atoms with Crippen LogP contribution in [-0.2, 0) is 0 Å². The summed E-state index contributed by atoms with van der Waals surface area (Å²) in [5.41, 5.74) is 2.86. The molecule has 1 aliphatic carbocycles. The highest BCUT2D eigenvalue weighted by Crippen LogP contribution is 2.33. The summed E-state index contributed by atoms with van der Waals surface area (Å²) in [6.07, 6.45) is 3.56. The van der Waals surface area contributed by atoms with E-state index in [0.717, 1.165) is 40.7 Å². The number of carbonyl (C=O) groups excluding carboxylic acids is 1. The predicted molar refractivity (Wildman–Crippen MR) is 84.4 cm³/mol. The molecule has 0 unspecified atom stereocenters. The molecule has 2 aromatic rings. The van der Waals surface area contributed by atoms with Gasteiger partial charge in [-0.05, 0) is 37.2 Å². The third kappa shape index (κ3) is 2.21. The van der Waals surface area contributed by atoms with Crippen LogP contribution in [0.4, 0.5) is 5.69 Å². The Morgan fingerprint density at radius 3 is 2.75 bits per heavy atom. The van der Waals surface area contributed by atoms with Crippen LogP contribution in [0.15, 0.2) is 36.4 Å². The molecule has 1 N–H and O–H groups in total. The van der Waals surface area contributed by atoms with Gasteiger partial charge >= 0.3 is 0 Å². The molecular formula is C17H18N2O. The first-order valence-corrected chi connectivity index (χ1v) is 6.83. The molecule has 0 heterocycles. The Labute approximate surface area is 118 Å². The second-order valence-corrected chi connectivity index (χ2v) is 5.36. The topological polar surface area (TPSA) is 32.3 Å². The number of nitrogens with one attached hydrogen (secondary N) is 1. The Balaban J connectivity index is 2.05. The van der Waals surface area contributed by atoms with E-state index in [9.17, 15) is 4.79 Å². The molecule has 1 aliphatic rings. The maximum Gasteiger partial charge on any atom is 0.188 e. The zero-order valence-corrected chi connectivity index (χ0v) is 11.8. The molecule has 0 radical (unpaired) electrons. The SMILES string of the molecule is CN(C)CCNc1ccc2cccc3c2c1C(=O)C=C3. The minimum absolute atomic E-state index is 0.0849. The molecule has 2 aromatic carbocycles. The Morgan fingerprint density at radius 2 is 1.95 bits per heavy atom. The first kappa shape index (κ1) is 12.9. The molecule has 3 rings (SSSR count). The van der Waals surface area contributed by atoms with Crippen molar-refractivity contribution in [1.82, 2.24) is 4.90 Å². The summed E-state index contributed by atoms with van der Waals surface area (Å²) in [6, 6.07) is 10.2. The molecule has 0 saturated heterocycles. The van der Waals surface area contributed by atoms with Gasteiger partial charge in [0.15, 0.2) is 5.78 Å². The normalized spacial score (nSPS) is 13.2. The van der Waals surface area contributed by atoms with E-state index in [-0.39, 0.29) is 5.78 Å². The summed E-state index contributed by atoms with van der Waals surface area (Å²) in [5.74, 6) is 0.0849. The highest BCUT2D eigenvalue weighted by atomic mass is 16.1. The molecular weight excluding hydrogens is 248 g/mol. The summed E-state index contributed by atoms with van der Waals surface area (Å²) in [7, 11) is 4.08. The number of allylic oxidation sites excluding steroid dienone is 1. The van der Waals surface area contributed by atoms with Crippen molar-refractivity contribution in [3.63, 3.8) is 0 Å². The third-order valence-electron chi connectivity index (χ3n) is 3.61. The first-order chi connectivity index (χ1) is 9.66. The largest absolute Gasteiger partial charge is 0.383 e. The number of hydrogen-bond donors (Lipinski definition) is 1. The van der Waals surface area contributed by atoms with Gasteiger partial charge in [-0.3, -0.25) is 4.79 Å². The fraction of sp³-hybridized carbons (Fsp3) is 0.235. The van der Waals surface area contributed by atoms with E-state index < -0.39 is 0 Å².